The van der Waals surface area contributed by atoms with Crippen molar-refractivity contribution < 1.29 is 18.0 Å². The van der Waals surface area contributed by atoms with Gasteiger partial charge in [-0.25, -0.2) is 9.78 Å². The molecule has 29 heavy (non-hydrogen) atoms. The quantitative estimate of drug-likeness (QED) is 0.464. The molecule has 0 bridgehead atoms. The molecule has 3 rings (SSSR count). The number of unbranched alkanes of at least 4 members (excludes halogenated alkanes) is 3. The zero-order valence-corrected chi connectivity index (χ0v) is 15.9. The van der Waals surface area contributed by atoms with Gasteiger partial charge in [0.15, 0.2) is 5.65 Å². The second-order valence-corrected chi connectivity index (χ2v) is 6.67. The number of fused-ring (bicyclic) bond motifs is 1. The first kappa shape index (κ1) is 20.6. The predicted octanol–water partition coefficient (Wildman–Crippen LogP) is 5.35. The Hall–Kier alpha value is -3.10. The van der Waals surface area contributed by atoms with Crippen LogP contribution in [0.25, 0.3) is 22.2 Å². The lowest BCUT2D eigenvalue weighted by Crippen LogP contribution is -2.29. The Morgan fingerprint density at radius 1 is 1.10 bits per heavy atom. The number of aromatic amines is 1. The van der Waals surface area contributed by atoms with Crippen LogP contribution in [0.4, 0.5) is 23.7 Å². The van der Waals surface area contributed by atoms with Gasteiger partial charge in [0.25, 0.3) is 0 Å². The van der Waals surface area contributed by atoms with E-state index >= 15 is 0 Å². The van der Waals surface area contributed by atoms with Crippen molar-refractivity contribution in [1.82, 2.24) is 20.5 Å². The minimum Gasteiger partial charge on any atom is -0.338 e. The van der Waals surface area contributed by atoms with Gasteiger partial charge in [-0.1, -0.05) is 38.3 Å². The molecule has 0 spiro atoms. The van der Waals surface area contributed by atoms with E-state index in [1.54, 1.807) is 24.3 Å². The van der Waals surface area contributed by atoms with Crippen molar-refractivity contribution in [2.45, 2.75) is 38.8 Å². The molecule has 0 radical (unpaired) electrons. The fourth-order valence-electron chi connectivity index (χ4n) is 3.05. The first-order chi connectivity index (χ1) is 13.9. The summed E-state index contributed by atoms with van der Waals surface area (Å²) in [6.45, 7) is 2.72. The Balaban J connectivity index is 1.72. The van der Waals surface area contributed by atoms with Crippen molar-refractivity contribution in [3.05, 3.63) is 42.2 Å². The van der Waals surface area contributed by atoms with Crippen molar-refractivity contribution in [2.24, 2.45) is 0 Å². The Morgan fingerprint density at radius 2 is 1.86 bits per heavy atom. The van der Waals surface area contributed by atoms with Crippen LogP contribution in [0.3, 0.4) is 0 Å². The smallest absolute Gasteiger partial charge is 0.338 e. The number of hydrogen-bond donors (Lipinski definition) is 3. The number of carbonyl (C=O) groups excluding carboxylic acids is 1. The van der Waals surface area contributed by atoms with Crippen molar-refractivity contribution >= 4 is 22.8 Å². The lowest BCUT2D eigenvalue weighted by molar-refractivity contribution is -0.139. The molecule has 0 aliphatic rings. The van der Waals surface area contributed by atoms with Crippen molar-refractivity contribution in [1.29, 1.82) is 0 Å². The number of pyridine rings is 1. The van der Waals surface area contributed by atoms with E-state index in [1.165, 1.54) is 12.3 Å². The predicted molar refractivity (Wildman–Crippen MR) is 105 cm³/mol. The van der Waals surface area contributed by atoms with E-state index in [9.17, 15) is 18.0 Å². The average molecular weight is 405 g/mol. The third-order valence-electron chi connectivity index (χ3n) is 4.51. The van der Waals surface area contributed by atoms with Gasteiger partial charge in [0, 0.05) is 18.4 Å². The van der Waals surface area contributed by atoms with E-state index in [4.69, 9.17) is 0 Å². The Kier molecular flexibility index (Phi) is 6.36. The molecule has 2 amide bonds. The molecule has 6 nitrogen and oxygen atoms in total. The highest BCUT2D eigenvalue weighted by Gasteiger charge is 2.36. The number of carbonyl (C=O) groups is 1. The van der Waals surface area contributed by atoms with E-state index in [2.05, 4.69) is 27.6 Å². The SMILES string of the molecule is CCCCCCNC(=O)Nc1ccc(-c2ccnc3n[nH]c(C(F)(F)F)c23)cc1. The minimum atomic E-state index is -4.57. The summed E-state index contributed by atoms with van der Waals surface area (Å²) >= 11 is 0. The Bertz CT molecular complexity index is 966. The fraction of sp³-hybridized carbons (Fsp3) is 0.350. The number of rotatable bonds is 7. The minimum absolute atomic E-state index is 0.000484. The highest BCUT2D eigenvalue weighted by molar-refractivity contribution is 5.95. The number of urea groups is 1. The zero-order chi connectivity index (χ0) is 20.9. The summed E-state index contributed by atoms with van der Waals surface area (Å²) in [5.74, 6) is 0. The summed E-state index contributed by atoms with van der Waals surface area (Å²) in [4.78, 5) is 15.8. The van der Waals surface area contributed by atoms with E-state index < -0.39 is 11.9 Å². The molecule has 3 aromatic rings. The van der Waals surface area contributed by atoms with Gasteiger partial charge in [0.05, 0.1) is 5.39 Å². The number of H-pyrrole nitrogens is 1. The number of hydrogen-bond acceptors (Lipinski definition) is 3. The van der Waals surface area contributed by atoms with Crippen LogP contribution in [-0.4, -0.2) is 27.8 Å². The molecule has 9 heteroatoms. The van der Waals surface area contributed by atoms with Crippen LogP contribution in [-0.2, 0) is 6.18 Å². The molecule has 0 saturated carbocycles. The summed E-state index contributed by atoms with van der Waals surface area (Å²) in [7, 11) is 0. The molecule has 0 fully saturated rings. The highest BCUT2D eigenvalue weighted by Crippen LogP contribution is 2.37. The van der Waals surface area contributed by atoms with Crippen molar-refractivity contribution in [3.8, 4) is 11.1 Å². The molecular weight excluding hydrogens is 383 g/mol. The molecule has 0 atom stereocenters. The topological polar surface area (TPSA) is 82.7 Å². The number of benzene rings is 1. The molecule has 3 N–H and O–H groups in total. The molecule has 2 aromatic heterocycles. The van der Waals surface area contributed by atoms with Crippen LogP contribution in [0.2, 0.25) is 0 Å². The number of alkyl halides is 3. The standard InChI is InChI=1S/C20H22F3N5O/c1-2-3-4-5-11-25-19(29)26-14-8-6-13(7-9-14)15-10-12-24-18-16(15)17(27-28-18)20(21,22)23/h6-10,12H,2-5,11H2,1H3,(H,24,27,28)(H2,25,26,29). The number of halogens is 3. The number of anilines is 1. The van der Waals surface area contributed by atoms with Gasteiger partial charge in [-0.2, -0.15) is 18.3 Å². The zero-order valence-electron chi connectivity index (χ0n) is 15.9. The third-order valence-corrected chi connectivity index (χ3v) is 4.51. The number of nitrogens with one attached hydrogen (secondary N) is 3. The van der Waals surface area contributed by atoms with Crippen LogP contribution in [0.5, 0.6) is 0 Å². The van der Waals surface area contributed by atoms with Gasteiger partial charge in [-0.3, -0.25) is 5.10 Å². The van der Waals surface area contributed by atoms with Crippen LogP contribution >= 0.6 is 0 Å². The molecule has 0 unspecified atom stereocenters. The maximum atomic E-state index is 13.3. The molecule has 0 aliphatic heterocycles. The molecule has 0 saturated heterocycles. The van der Waals surface area contributed by atoms with E-state index in [0.29, 0.717) is 23.4 Å². The Labute approximate surface area is 165 Å². The van der Waals surface area contributed by atoms with Gasteiger partial charge in [0.1, 0.15) is 5.69 Å². The van der Waals surface area contributed by atoms with Crippen LogP contribution in [0.1, 0.15) is 38.3 Å². The fourth-order valence-corrected chi connectivity index (χ4v) is 3.05. The van der Waals surface area contributed by atoms with E-state index in [1.807, 2.05) is 5.10 Å². The van der Waals surface area contributed by atoms with Crippen LogP contribution in [0, 0.1) is 0 Å². The monoisotopic (exact) mass is 405 g/mol. The van der Waals surface area contributed by atoms with Crippen molar-refractivity contribution in [2.75, 3.05) is 11.9 Å². The third kappa shape index (κ3) is 5.04. The lowest BCUT2D eigenvalue weighted by Gasteiger charge is -2.10. The van der Waals surface area contributed by atoms with Gasteiger partial charge < -0.3 is 10.6 Å². The van der Waals surface area contributed by atoms with Gasteiger partial charge >= 0.3 is 12.2 Å². The second-order valence-electron chi connectivity index (χ2n) is 6.67. The number of amides is 2. The molecule has 154 valence electrons. The maximum Gasteiger partial charge on any atom is 0.433 e. The van der Waals surface area contributed by atoms with Crippen LogP contribution < -0.4 is 10.6 Å². The number of aromatic nitrogens is 3. The molecule has 0 aliphatic carbocycles. The van der Waals surface area contributed by atoms with Gasteiger partial charge in [-0.05, 0) is 35.7 Å². The second kappa shape index (κ2) is 8.93. The lowest BCUT2D eigenvalue weighted by atomic mass is 10.0. The molecular formula is C20H22F3N5O. The van der Waals surface area contributed by atoms with Crippen LogP contribution in [0.15, 0.2) is 36.5 Å². The Morgan fingerprint density at radius 3 is 2.55 bits per heavy atom. The van der Waals surface area contributed by atoms with E-state index in [-0.39, 0.29) is 17.1 Å². The normalized spacial score (nSPS) is 11.6. The summed E-state index contributed by atoms with van der Waals surface area (Å²) in [5, 5.41) is 11.1. The van der Waals surface area contributed by atoms with Gasteiger partial charge in [0.2, 0.25) is 0 Å². The summed E-state index contributed by atoms with van der Waals surface area (Å²) in [5.41, 5.74) is 0.547. The number of nitrogens with zero attached hydrogens (tertiary/aromatic N) is 2. The first-order valence-electron chi connectivity index (χ1n) is 9.45. The maximum absolute atomic E-state index is 13.3. The summed E-state index contributed by atoms with van der Waals surface area (Å²) in [6, 6.07) is 7.79. The largest absolute Gasteiger partial charge is 0.433 e. The first-order valence-corrected chi connectivity index (χ1v) is 9.45. The molecule has 1 aromatic carbocycles. The van der Waals surface area contributed by atoms with E-state index in [0.717, 1.165) is 25.7 Å². The highest BCUT2D eigenvalue weighted by atomic mass is 19.4. The average Bonchev–Trinajstić information content (AvgIpc) is 3.13. The molecule has 2 heterocycles. The summed E-state index contributed by atoms with van der Waals surface area (Å²) in [6.07, 6.45) is 1.11. The van der Waals surface area contributed by atoms with Crippen molar-refractivity contribution in [3.63, 3.8) is 0 Å². The van der Waals surface area contributed by atoms with Gasteiger partial charge in [-0.15, -0.1) is 0 Å². The summed E-state index contributed by atoms with van der Waals surface area (Å²) < 4.78 is 39.8.